The van der Waals surface area contributed by atoms with E-state index < -0.39 is 21.6 Å². The van der Waals surface area contributed by atoms with E-state index in [1.54, 1.807) is 30.3 Å². The molecular formula is C16H16FNO4S. The highest BCUT2D eigenvalue weighted by molar-refractivity contribution is 7.90. The van der Waals surface area contributed by atoms with Crippen LogP contribution in [0.5, 0.6) is 11.5 Å². The Labute approximate surface area is 134 Å². The van der Waals surface area contributed by atoms with Crippen LogP contribution in [0.2, 0.25) is 0 Å². The summed E-state index contributed by atoms with van der Waals surface area (Å²) in [4.78, 5) is 11.8. The summed E-state index contributed by atoms with van der Waals surface area (Å²) in [7, 11) is -3.21. The van der Waals surface area contributed by atoms with Gasteiger partial charge in [-0.05, 0) is 24.3 Å². The van der Waals surface area contributed by atoms with Crippen LogP contribution in [-0.4, -0.2) is 26.3 Å². The Morgan fingerprint density at radius 3 is 2.61 bits per heavy atom. The van der Waals surface area contributed by atoms with Gasteiger partial charge in [-0.25, -0.2) is 12.8 Å². The Morgan fingerprint density at radius 2 is 1.91 bits per heavy atom. The van der Waals surface area contributed by atoms with Crippen LogP contribution >= 0.6 is 0 Å². The van der Waals surface area contributed by atoms with E-state index in [4.69, 9.17) is 4.74 Å². The number of rotatable bonds is 6. The number of benzene rings is 2. The average Bonchev–Trinajstić information content (AvgIpc) is 2.47. The fourth-order valence-corrected chi connectivity index (χ4v) is 2.36. The molecule has 0 aliphatic heterocycles. The number of para-hydroxylation sites is 2. The second-order valence-electron chi connectivity index (χ2n) is 4.98. The molecule has 0 aliphatic carbocycles. The van der Waals surface area contributed by atoms with Crippen molar-refractivity contribution in [3.63, 3.8) is 0 Å². The number of hydrogen-bond donors (Lipinski definition) is 1. The summed E-state index contributed by atoms with van der Waals surface area (Å²) in [5.41, 5.74) is 0.385. The number of hydrogen-bond acceptors (Lipinski definition) is 4. The van der Waals surface area contributed by atoms with Crippen molar-refractivity contribution in [3.05, 3.63) is 54.3 Å². The molecule has 0 spiro atoms. The van der Waals surface area contributed by atoms with E-state index in [0.29, 0.717) is 17.2 Å². The monoisotopic (exact) mass is 337 g/mol. The summed E-state index contributed by atoms with van der Waals surface area (Å²) in [5.74, 6) is -0.470. The number of ether oxygens (including phenoxy) is 1. The Balaban J connectivity index is 2.10. The summed E-state index contributed by atoms with van der Waals surface area (Å²) >= 11 is 0. The van der Waals surface area contributed by atoms with Crippen LogP contribution in [0.1, 0.15) is 6.42 Å². The first-order chi connectivity index (χ1) is 10.8. The first kappa shape index (κ1) is 17.0. The Bertz CT molecular complexity index is 805. The van der Waals surface area contributed by atoms with Gasteiger partial charge >= 0.3 is 0 Å². The van der Waals surface area contributed by atoms with Crippen molar-refractivity contribution in [1.29, 1.82) is 0 Å². The van der Waals surface area contributed by atoms with Crippen molar-refractivity contribution >= 4 is 21.4 Å². The summed E-state index contributed by atoms with van der Waals surface area (Å²) in [6.07, 6.45) is 0.925. The molecule has 0 radical (unpaired) electrons. The highest BCUT2D eigenvalue weighted by atomic mass is 32.2. The third-order valence-electron chi connectivity index (χ3n) is 2.88. The molecule has 1 N–H and O–H groups in total. The predicted octanol–water partition coefficient (Wildman–Crippen LogP) is 2.99. The molecule has 7 heteroatoms. The highest BCUT2D eigenvalue weighted by Gasteiger charge is 2.11. The minimum absolute atomic E-state index is 0.146. The van der Waals surface area contributed by atoms with Crippen LogP contribution in [0.4, 0.5) is 10.1 Å². The largest absolute Gasteiger partial charge is 0.455 e. The molecule has 122 valence electrons. The summed E-state index contributed by atoms with van der Waals surface area (Å²) in [5, 5.41) is 2.60. The molecule has 0 aliphatic rings. The van der Waals surface area contributed by atoms with Gasteiger partial charge in [0.25, 0.3) is 0 Å². The number of sulfone groups is 1. The van der Waals surface area contributed by atoms with E-state index in [-0.39, 0.29) is 12.2 Å². The molecule has 0 unspecified atom stereocenters. The summed E-state index contributed by atoms with van der Waals surface area (Å²) < 4.78 is 40.9. The van der Waals surface area contributed by atoms with Gasteiger partial charge in [-0.15, -0.1) is 0 Å². The lowest BCUT2D eigenvalue weighted by atomic mass is 10.2. The minimum Gasteiger partial charge on any atom is -0.455 e. The molecule has 2 aromatic rings. The van der Waals surface area contributed by atoms with Crippen molar-refractivity contribution in [2.45, 2.75) is 6.42 Å². The Morgan fingerprint density at radius 1 is 1.17 bits per heavy atom. The van der Waals surface area contributed by atoms with Crippen molar-refractivity contribution < 1.29 is 22.3 Å². The quantitative estimate of drug-likeness (QED) is 0.879. The van der Waals surface area contributed by atoms with Gasteiger partial charge in [0.15, 0.2) is 5.75 Å². The predicted molar refractivity (Wildman–Crippen MR) is 85.9 cm³/mol. The smallest absolute Gasteiger partial charge is 0.225 e. The lowest BCUT2D eigenvalue weighted by molar-refractivity contribution is -0.115. The Hall–Kier alpha value is -2.41. The maximum atomic E-state index is 13.2. The maximum absolute atomic E-state index is 13.2. The minimum atomic E-state index is -3.21. The van der Waals surface area contributed by atoms with Gasteiger partial charge < -0.3 is 10.1 Å². The second kappa shape index (κ2) is 7.23. The van der Waals surface area contributed by atoms with Crippen molar-refractivity contribution in [2.75, 3.05) is 17.3 Å². The fourth-order valence-electron chi connectivity index (χ4n) is 1.81. The van der Waals surface area contributed by atoms with Crippen molar-refractivity contribution in [1.82, 2.24) is 0 Å². The van der Waals surface area contributed by atoms with E-state index in [0.717, 1.165) is 6.26 Å². The van der Waals surface area contributed by atoms with Crippen LogP contribution < -0.4 is 10.1 Å². The molecule has 1 amide bonds. The standard InChI is InChI=1S/C16H16FNO4S/c1-23(20,21)10-9-16(19)18-14-7-2-3-8-15(14)22-13-6-4-5-12(17)11-13/h2-8,11H,9-10H2,1H3,(H,18,19). The van der Waals surface area contributed by atoms with Gasteiger partial charge in [0.2, 0.25) is 5.91 Å². The van der Waals surface area contributed by atoms with Gasteiger partial charge in [0, 0.05) is 18.7 Å². The molecule has 23 heavy (non-hydrogen) atoms. The molecule has 0 aromatic heterocycles. The SMILES string of the molecule is CS(=O)(=O)CCC(=O)Nc1ccccc1Oc1cccc(F)c1. The van der Waals surface area contributed by atoms with E-state index in [1.165, 1.54) is 18.2 Å². The van der Waals surface area contributed by atoms with E-state index in [1.807, 2.05) is 0 Å². The van der Waals surface area contributed by atoms with E-state index >= 15 is 0 Å². The zero-order chi connectivity index (χ0) is 16.9. The molecule has 0 saturated carbocycles. The first-order valence-corrected chi connectivity index (χ1v) is 8.89. The third kappa shape index (κ3) is 5.71. The van der Waals surface area contributed by atoms with Crippen LogP contribution in [0, 0.1) is 5.82 Å². The van der Waals surface area contributed by atoms with Crippen LogP contribution in [0.3, 0.4) is 0 Å². The number of halogens is 1. The summed E-state index contributed by atoms with van der Waals surface area (Å²) in [6.45, 7) is 0. The third-order valence-corrected chi connectivity index (χ3v) is 3.83. The molecule has 5 nitrogen and oxygen atoms in total. The van der Waals surface area contributed by atoms with Crippen molar-refractivity contribution in [3.8, 4) is 11.5 Å². The normalized spacial score (nSPS) is 11.0. The van der Waals surface area contributed by atoms with Crippen LogP contribution in [0.15, 0.2) is 48.5 Å². The van der Waals surface area contributed by atoms with Gasteiger partial charge in [-0.1, -0.05) is 18.2 Å². The zero-order valence-electron chi connectivity index (χ0n) is 12.5. The number of anilines is 1. The van der Waals surface area contributed by atoms with E-state index in [9.17, 15) is 17.6 Å². The van der Waals surface area contributed by atoms with Crippen LogP contribution in [0.25, 0.3) is 0 Å². The highest BCUT2D eigenvalue weighted by Crippen LogP contribution is 2.29. The number of nitrogens with one attached hydrogen (secondary N) is 1. The van der Waals surface area contributed by atoms with Gasteiger partial charge in [-0.3, -0.25) is 4.79 Å². The first-order valence-electron chi connectivity index (χ1n) is 6.83. The average molecular weight is 337 g/mol. The topological polar surface area (TPSA) is 72.5 Å². The summed E-state index contributed by atoms with van der Waals surface area (Å²) in [6, 6.07) is 12.3. The molecule has 0 heterocycles. The second-order valence-corrected chi connectivity index (χ2v) is 7.24. The zero-order valence-corrected chi connectivity index (χ0v) is 13.3. The fraction of sp³-hybridized carbons (Fsp3) is 0.188. The van der Waals surface area contributed by atoms with Gasteiger partial charge in [0.05, 0.1) is 11.4 Å². The van der Waals surface area contributed by atoms with Gasteiger partial charge in [-0.2, -0.15) is 0 Å². The molecule has 2 aromatic carbocycles. The molecule has 0 fully saturated rings. The number of carbonyl (C=O) groups excluding carboxylic acids is 1. The number of carbonyl (C=O) groups is 1. The maximum Gasteiger partial charge on any atom is 0.225 e. The lowest BCUT2D eigenvalue weighted by Gasteiger charge is -2.12. The molecule has 0 bridgehead atoms. The molecule has 0 saturated heterocycles. The molecular weight excluding hydrogens is 321 g/mol. The van der Waals surface area contributed by atoms with E-state index in [2.05, 4.69) is 5.32 Å². The number of amides is 1. The molecule has 0 atom stereocenters. The van der Waals surface area contributed by atoms with Gasteiger partial charge in [0.1, 0.15) is 21.4 Å². The van der Waals surface area contributed by atoms with Crippen molar-refractivity contribution in [2.24, 2.45) is 0 Å². The lowest BCUT2D eigenvalue weighted by Crippen LogP contribution is -2.16. The Kier molecular flexibility index (Phi) is 5.33. The van der Waals surface area contributed by atoms with Crippen LogP contribution in [-0.2, 0) is 14.6 Å². The molecule has 2 rings (SSSR count).